The molecule has 204 valence electrons. The number of halogens is 1. The van der Waals surface area contributed by atoms with Crippen molar-refractivity contribution < 1.29 is 13.9 Å². The Balaban J connectivity index is 1.10. The van der Waals surface area contributed by atoms with E-state index in [1.54, 1.807) is 42.7 Å². The lowest BCUT2D eigenvalue weighted by molar-refractivity contribution is 0.102. The highest BCUT2D eigenvalue weighted by molar-refractivity contribution is 7.10. The number of ether oxygens (including phenoxy) is 1. The zero-order valence-electron chi connectivity index (χ0n) is 22.2. The van der Waals surface area contributed by atoms with Crippen LogP contribution in [0.1, 0.15) is 57.4 Å². The number of tetrazole rings is 1. The fraction of sp³-hybridized carbons (Fsp3) is 0.194. The minimum Gasteiger partial charge on any atom is -0.497 e. The van der Waals surface area contributed by atoms with E-state index in [9.17, 15) is 4.79 Å². The quantitative estimate of drug-likeness (QED) is 0.247. The molecule has 1 amide bonds. The van der Waals surface area contributed by atoms with Crippen LogP contribution in [0.4, 0.5) is 10.1 Å². The highest BCUT2D eigenvalue weighted by atomic mass is 32.1. The molecular formula is C31H25FN6O2S. The molecule has 0 atom stereocenters. The molecule has 0 aliphatic heterocycles. The molecule has 1 aliphatic carbocycles. The SMILES string of the molecule is COc1ccc(Cn2nnc(-c3ccc(C(=O)Nc4cccc(C#Cc5nc(C6CCC6)cs5)c4)c(F)c3)n2)cc1. The van der Waals surface area contributed by atoms with Gasteiger partial charge in [-0.2, -0.15) is 4.80 Å². The number of carbonyl (C=O) groups excluding carboxylic acids is 1. The Morgan fingerprint density at radius 3 is 2.73 bits per heavy atom. The Kier molecular flexibility index (Phi) is 7.52. The van der Waals surface area contributed by atoms with E-state index in [1.807, 2.05) is 30.3 Å². The number of aromatic nitrogens is 5. The number of rotatable bonds is 7. The summed E-state index contributed by atoms with van der Waals surface area (Å²) in [7, 11) is 1.61. The number of methoxy groups -OCH3 is 1. The molecule has 8 nitrogen and oxygen atoms in total. The molecule has 2 aromatic heterocycles. The number of hydrogen-bond donors (Lipinski definition) is 1. The second kappa shape index (κ2) is 11.7. The van der Waals surface area contributed by atoms with Crippen LogP contribution in [0.15, 0.2) is 72.1 Å². The molecule has 10 heteroatoms. The smallest absolute Gasteiger partial charge is 0.258 e. The fourth-order valence-electron chi connectivity index (χ4n) is 4.39. The number of nitrogens with one attached hydrogen (secondary N) is 1. The summed E-state index contributed by atoms with van der Waals surface area (Å²) < 4.78 is 20.2. The van der Waals surface area contributed by atoms with Crippen LogP contribution in [0.3, 0.4) is 0 Å². The molecule has 6 rings (SSSR count). The first kappa shape index (κ1) is 26.3. The van der Waals surface area contributed by atoms with Crippen LogP contribution in [0.5, 0.6) is 5.75 Å². The normalized spacial score (nSPS) is 12.7. The number of amides is 1. The monoisotopic (exact) mass is 564 g/mol. The van der Waals surface area contributed by atoms with Crippen LogP contribution in [0, 0.1) is 17.7 Å². The molecule has 1 aliphatic rings. The minimum absolute atomic E-state index is 0.0952. The summed E-state index contributed by atoms with van der Waals surface area (Å²) in [5, 5.41) is 18.1. The van der Waals surface area contributed by atoms with Crippen molar-refractivity contribution in [3.63, 3.8) is 0 Å². The molecule has 1 N–H and O–H groups in total. The Hall–Kier alpha value is -4.88. The molecule has 1 saturated carbocycles. The van der Waals surface area contributed by atoms with Crippen LogP contribution in [-0.2, 0) is 6.54 Å². The Bertz CT molecular complexity index is 1770. The van der Waals surface area contributed by atoms with E-state index >= 15 is 4.39 Å². The van der Waals surface area contributed by atoms with Crippen molar-refractivity contribution in [2.75, 3.05) is 12.4 Å². The third-order valence-electron chi connectivity index (χ3n) is 6.89. The predicted molar refractivity (Wildman–Crippen MR) is 154 cm³/mol. The average molecular weight is 565 g/mol. The summed E-state index contributed by atoms with van der Waals surface area (Å²) in [6.07, 6.45) is 3.67. The molecule has 0 unspecified atom stereocenters. The third kappa shape index (κ3) is 6.15. The van der Waals surface area contributed by atoms with Crippen molar-refractivity contribution >= 4 is 22.9 Å². The van der Waals surface area contributed by atoms with E-state index < -0.39 is 11.7 Å². The molecule has 0 bridgehead atoms. The van der Waals surface area contributed by atoms with Gasteiger partial charge in [0.1, 0.15) is 11.6 Å². The Morgan fingerprint density at radius 1 is 1.12 bits per heavy atom. The van der Waals surface area contributed by atoms with Gasteiger partial charge in [-0.3, -0.25) is 4.79 Å². The van der Waals surface area contributed by atoms with Crippen molar-refractivity contribution in [3.05, 3.63) is 105 Å². The maximum atomic E-state index is 15.0. The van der Waals surface area contributed by atoms with Crippen LogP contribution >= 0.6 is 11.3 Å². The average Bonchev–Trinajstić information content (AvgIpc) is 3.61. The topological polar surface area (TPSA) is 94.8 Å². The number of thiazole rings is 1. The van der Waals surface area contributed by atoms with Gasteiger partial charge >= 0.3 is 0 Å². The number of benzene rings is 3. The van der Waals surface area contributed by atoms with Crippen molar-refractivity contribution in [1.29, 1.82) is 0 Å². The van der Waals surface area contributed by atoms with E-state index in [-0.39, 0.29) is 11.4 Å². The van der Waals surface area contributed by atoms with E-state index in [2.05, 4.69) is 42.9 Å². The molecule has 1 fully saturated rings. The third-order valence-corrected chi connectivity index (χ3v) is 7.66. The minimum atomic E-state index is -0.687. The Morgan fingerprint density at radius 2 is 1.98 bits per heavy atom. The van der Waals surface area contributed by atoms with Gasteiger partial charge in [-0.25, -0.2) is 9.37 Å². The first-order chi connectivity index (χ1) is 20.0. The molecular weight excluding hydrogens is 539 g/mol. The zero-order valence-corrected chi connectivity index (χ0v) is 23.0. The fourth-order valence-corrected chi connectivity index (χ4v) is 5.14. The van der Waals surface area contributed by atoms with Gasteiger partial charge < -0.3 is 10.1 Å². The van der Waals surface area contributed by atoms with Crippen molar-refractivity contribution in [1.82, 2.24) is 25.2 Å². The molecule has 5 aromatic rings. The lowest BCUT2D eigenvalue weighted by atomic mass is 9.83. The summed E-state index contributed by atoms with van der Waals surface area (Å²) >= 11 is 1.55. The molecule has 0 radical (unpaired) electrons. The van der Waals surface area contributed by atoms with Crippen LogP contribution in [0.2, 0.25) is 0 Å². The maximum absolute atomic E-state index is 15.0. The molecule has 3 aromatic carbocycles. The predicted octanol–water partition coefficient (Wildman–Crippen LogP) is 5.91. The molecule has 41 heavy (non-hydrogen) atoms. The van der Waals surface area contributed by atoms with Crippen molar-refractivity contribution in [2.24, 2.45) is 0 Å². The second-order valence-corrected chi connectivity index (χ2v) is 10.5. The summed E-state index contributed by atoms with van der Waals surface area (Å²) in [5.74, 6) is 6.55. The number of nitrogens with zero attached hydrogens (tertiary/aromatic N) is 5. The van der Waals surface area contributed by atoms with Gasteiger partial charge in [-0.15, -0.1) is 21.5 Å². The second-order valence-electron chi connectivity index (χ2n) is 9.68. The van der Waals surface area contributed by atoms with Gasteiger partial charge in [0.15, 0.2) is 5.01 Å². The first-order valence-electron chi connectivity index (χ1n) is 13.1. The van der Waals surface area contributed by atoms with E-state index in [0.717, 1.165) is 27.6 Å². The summed E-state index contributed by atoms with van der Waals surface area (Å²) in [4.78, 5) is 18.9. The summed E-state index contributed by atoms with van der Waals surface area (Å²) in [6, 6.07) is 18.9. The lowest BCUT2D eigenvalue weighted by Crippen LogP contribution is -2.14. The van der Waals surface area contributed by atoms with Gasteiger partial charge in [0.05, 0.1) is 24.9 Å². The van der Waals surface area contributed by atoms with Gasteiger partial charge in [0, 0.05) is 28.1 Å². The largest absolute Gasteiger partial charge is 0.497 e. The number of hydrogen-bond acceptors (Lipinski definition) is 7. The first-order valence-corrected chi connectivity index (χ1v) is 14.0. The standard InChI is InChI=1S/C31H25FN6O2S/c1-40-25-12-8-21(9-13-25)18-38-36-30(35-37-38)23-11-14-26(27(32)17-23)31(39)33-24-7-2-4-20(16-24)10-15-29-34-28(19-41-29)22-5-3-6-22/h2,4,7-9,11-14,16-17,19,22H,3,5-6,18H2,1H3,(H,33,39). The lowest BCUT2D eigenvalue weighted by Gasteiger charge is -2.22. The highest BCUT2D eigenvalue weighted by Gasteiger charge is 2.21. The van der Waals surface area contributed by atoms with E-state index in [1.165, 1.54) is 36.2 Å². The van der Waals surface area contributed by atoms with Crippen LogP contribution < -0.4 is 10.1 Å². The van der Waals surface area contributed by atoms with E-state index in [4.69, 9.17) is 4.74 Å². The van der Waals surface area contributed by atoms with Gasteiger partial charge in [-0.05, 0) is 72.0 Å². The zero-order chi connectivity index (χ0) is 28.2. The van der Waals surface area contributed by atoms with E-state index in [0.29, 0.717) is 23.7 Å². The summed E-state index contributed by atoms with van der Waals surface area (Å²) in [6.45, 7) is 0.398. The van der Waals surface area contributed by atoms with Crippen molar-refractivity contribution in [3.8, 4) is 29.0 Å². The van der Waals surface area contributed by atoms with Crippen LogP contribution in [-0.4, -0.2) is 38.2 Å². The number of carbonyl (C=O) groups is 1. The Labute approximate surface area is 240 Å². The van der Waals surface area contributed by atoms with Gasteiger partial charge in [0.25, 0.3) is 5.91 Å². The molecule has 2 heterocycles. The summed E-state index contributed by atoms with van der Waals surface area (Å²) in [5.41, 5.74) is 3.66. The van der Waals surface area contributed by atoms with Gasteiger partial charge in [0.2, 0.25) is 5.82 Å². The van der Waals surface area contributed by atoms with Crippen molar-refractivity contribution in [2.45, 2.75) is 31.7 Å². The highest BCUT2D eigenvalue weighted by Crippen LogP contribution is 2.36. The molecule has 0 saturated heterocycles. The maximum Gasteiger partial charge on any atom is 0.258 e. The van der Waals surface area contributed by atoms with Gasteiger partial charge in [-0.1, -0.05) is 36.6 Å². The molecule has 0 spiro atoms. The number of anilines is 1. The van der Waals surface area contributed by atoms with Crippen LogP contribution in [0.25, 0.3) is 11.4 Å².